The number of para-hydroxylation sites is 1. The molecule has 0 fully saturated rings. The highest BCUT2D eigenvalue weighted by Gasteiger charge is 2.17. The van der Waals surface area contributed by atoms with Crippen LogP contribution in [0.25, 0.3) is 16.9 Å². The van der Waals surface area contributed by atoms with E-state index < -0.39 is 0 Å². The SMILES string of the molecule is Cc1cccc(C)c1-n1c(-c2ccccc2)cnc1SCCC(N)=O. The second-order valence-corrected chi connectivity index (χ2v) is 6.99. The third-order valence-electron chi connectivity index (χ3n) is 4.04. The van der Waals surface area contributed by atoms with E-state index in [-0.39, 0.29) is 5.91 Å². The van der Waals surface area contributed by atoms with Crippen molar-refractivity contribution in [1.29, 1.82) is 0 Å². The van der Waals surface area contributed by atoms with Gasteiger partial charge in [-0.25, -0.2) is 4.98 Å². The van der Waals surface area contributed by atoms with Crippen LogP contribution in [0.1, 0.15) is 17.5 Å². The zero-order valence-corrected chi connectivity index (χ0v) is 15.2. The summed E-state index contributed by atoms with van der Waals surface area (Å²) in [6.07, 6.45) is 2.23. The van der Waals surface area contributed by atoms with Crippen LogP contribution in [0.3, 0.4) is 0 Å². The van der Waals surface area contributed by atoms with Crippen LogP contribution in [0.5, 0.6) is 0 Å². The van der Waals surface area contributed by atoms with Crippen molar-refractivity contribution in [2.75, 3.05) is 5.75 Å². The first-order valence-corrected chi connectivity index (χ1v) is 9.17. The Morgan fingerprint density at radius 2 is 1.76 bits per heavy atom. The summed E-state index contributed by atoms with van der Waals surface area (Å²) in [4.78, 5) is 15.7. The Morgan fingerprint density at radius 1 is 1.08 bits per heavy atom. The smallest absolute Gasteiger partial charge is 0.218 e. The zero-order chi connectivity index (χ0) is 17.8. The van der Waals surface area contributed by atoms with Gasteiger partial charge in [0.15, 0.2) is 5.16 Å². The molecule has 0 aliphatic rings. The van der Waals surface area contributed by atoms with Crippen LogP contribution < -0.4 is 5.73 Å². The molecule has 2 N–H and O–H groups in total. The standard InChI is InChI=1S/C20H21N3OS/c1-14-7-6-8-15(2)19(14)23-17(16-9-4-3-5-10-16)13-22-20(23)25-12-11-18(21)24/h3-10,13H,11-12H2,1-2H3,(H2,21,24). The molecule has 4 nitrogen and oxygen atoms in total. The Kier molecular flexibility index (Phi) is 5.24. The Hall–Kier alpha value is -2.53. The summed E-state index contributed by atoms with van der Waals surface area (Å²) >= 11 is 1.55. The van der Waals surface area contributed by atoms with E-state index in [9.17, 15) is 4.79 Å². The molecule has 128 valence electrons. The molecular weight excluding hydrogens is 330 g/mol. The second kappa shape index (κ2) is 7.57. The van der Waals surface area contributed by atoms with Gasteiger partial charge in [-0.15, -0.1) is 0 Å². The predicted octanol–water partition coefficient (Wildman–Crippen LogP) is 4.12. The van der Waals surface area contributed by atoms with E-state index in [4.69, 9.17) is 5.73 Å². The van der Waals surface area contributed by atoms with Crippen molar-refractivity contribution in [2.45, 2.75) is 25.4 Å². The van der Waals surface area contributed by atoms with Crippen molar-refractivity contribution >= 4 is 17.7 Å². The number of amides is 1. The molecule has 0 aliphatic carbocycles. The van der Waals surface area contributed by atoms with Crippen molar-refractivity contribution in [3.05, 3.63) is 65.9 Å². The van der Waals surface area contributed by atoms with Crippen molar-refractivity contribution in [1.82, 2.24) is 9.55 Å². The van der Waals surface area contributed by atoms with Crippen LogP contribution in [0.15, 0.2) is 59.9 Å². The number of imidazole rings is 1. The van der Waals surface area contributed by atoms with Gasteiger partial charge in [-0.3, -0.25) is 9.36 Å². The van der Waals surface area contributed by atoms with Crippen LogP contribution in [0.2, 0.25) is 0 Å². The molecule has 0 unspecified atom stereocenters. The van der Waals surface area contributed by atoms with Gasteiger partial charge in [-0.1, -0.05) is 60.3 Å². The largest absolute Gasteiger partial charge is 0.370 e. The van der Waals surface area contributed by atoms with Crippen LogP contribution in [-0.2, 0) is 4.79 Å². The molecule has 0 aliphatic heterocycles. The van der Waals surface area contributed by atoms with Crippen molar-refractivity contribution in [3.63, 3.8) is 0 Å². The first kappa shape index (κ1) is 17.3. The second-order valence-electron chi connectivity index (χ2n) is 5.93. The monoisotopic (exact) mass is 351 g/mol. The van der Waals surface area contributed by atoms with E-state index in [0.717, 1.165) is 22.1 Å². The fourth-order valence-electron chi connectivity index (χ4n) is 2.87. The van der Waals surface area contributed by atoms with E-state index in [2.05, 4.69) is 53.7 Å². The summed E-state index contributed by atoms with van der Waals surface area (Å²) in [5.74, 6) is 0.326. The molecule has 0 saturated carbocycles. The molecule has 0 bridgehead atoms. The lowest BCUT2D eigenvalue weighted by atomic mass is 10.1. The van der Waals surface area contributed by atoms with Gasteiger partial charge in [0.2, 0.25) is 5.91 Å². The zero-order valence-electron chi connectivity index (χ0n) is 14.4. The number of hydrogen-bond donors (Lipinski definition) is 1. The number of carbonyl (C=O) groups excluding carboxylic acids is 1. The third-order valence-corrected chi connectivity index (χ3v) is 5.00. The topological polar surface area (TPSA) is 60.9 Å². The van der Waals surface area contributed by atoms with Crippen LogP contribution in [0, 0.1) is 13.8 Å². The number of hydrogen-bond acceptors (Lipinski definition) is 3. The lowest BCUT2D eigenvalue weighted by Gasteiger charge is -2.17. The molecule has 0 saturated heterocycles. The molecule has 0 atom stereocenters. The van der Waals surface area contributed by atoms with E-state index in [0.29, 0.717) is 12.2 Å². The maximum absolute atomic E-state index is 11.1. The van der Waals surface area contributed by atoms with Gasteiger partial charge >= 0.3 is 0 Å². The molecule has 1 aromatic heterocycles. The molecule has 0 radical (unpaired) electrons. The normalized spacial score (nSPS) is 10.8. The first-order valence-electron chi connectivity index (χ1n) is 8.19. The summed E-state index contributed by atoms with van der Waals surface area (Å²) < 4.78 is 2.19. The fraction of sp³-hybridized carbons (Fsp3) is 0.200. The van der Waals surface area contributed by atoms with Crippen molar-refractivity contribution in [3.8, 4) is 16.9 Å². The number of aromatic nitrogens is 2. The number of thioether (sulfide) groups is 1. The highest BCUT2D eigenvalue weighted by molar-refractivity contribution is 7.99. The van der Waals surface area contributed by atoms with E-state index in [1.807, 2.05) is 24.4 Å². The first-order chi connectivity index (χ1) is 12.1. The van der Waals surface area contributed by atoms with E-state index in [1.165, 1.54) is 11.1 Å². The Labute approximate surface area is 152 Å². The van der Waals surface area contributed by atoms with E-state index in [1.54, 1.807) is 11.8 Å². The van der Waals surface area contributed by atoms with Gasteiger partial charge in [0.05, 0.1) is 17.6 Å². The number of benzene rings is 2. The van der Waals surface area contributed by atoms with Crippen LogP contribution >= 0.6 is 11.8 Å². The Morgan fingerprint density at radius 3 is 2.40 bits per heavy atom. The van der Waals surface area contributed by atoms with Gasteiger partial charge in [0.25, 0.3) is 0 Å². The number of primary amides is 1. The van der Waals surface area contributed by atoms with Gasteiger partial charge in [0, 0.05) is 17.7 Å². The number of nitrogens with zero attached hydrogens (tertiary/aromatic N) is 2. The minimum absolute atomic E-state index is 0.291. The highest BCUT2D eigenvalue weighted by atomic mass is 32.2. The molecule has 25 heavy (non-hydrogen) atoms. The van der Waals surface area contributed by atoms with Gasteiger partial charge in [-0.05, 0) is 25.0 Å². The molecule has 3 aromatic rings. The minimum atomic E-state index is -0.291. The molecule has 0 spiro atoms. The van der Waals surface area contributed by atoms with Crippen LogP contribution in [0.4, 0.5) is 0 Å². The van der Waals surface area contributed by atoms with Gasteiger partial charge in [-0.2, -0.15) is 0 Å². The summed E-state index contributed by atoms with van der Waals surface area (Å²) in [6.45, 7) is 4.21. The van der Waals surface area contributed by atoms with Gasteiger partial charge in [0.1, 0.15) is 0 Å². The Balaban J connectivity index is 2.12. The minimum Gasteiger partial charge on any atom is -0.370 e. The number of nitrogens with two attached hydrogens (primary N) is 1. The van der Waals surface area contributed by atoms with Gasteiger partial charge < -0.3 is 5.73 Å². The lowest BCUT2D eigenvalue weighted by Crippen LogP contribution is -2.11. The van der Waals surface area contributed by atoms with Crippen molar-refractivity contribution in [2.24, 2.45) is 5.73 Å². The average Bonchev–Trinajstić information content (AvgIpc) is 2.99. The molecular formula is C20H21N3OS. The molecule has 5 heteroatoms. The summed E-state index contributed by atoms with van der Waals surface area (Å²) in [7, 11) is 0. The summed E-state index contributed by atoms with van der Waals surface area (Å²) in [5, 5.41) is 0.873. The fourth-order valence-corrected chi connectivity index (χ4v) is 3.80. The number of aryl methyl sites for hydroxylation is 2. The number of carbonyl (C=O) groups is 1. The lowest BCUT2D eigenvalue weighted by molar-refractivity contribution is -0.117. The Bertz CT molecular complexity index is 867. The molecule has 3 rings (SSSR count). The van der Waals surface area contributed by atoms with Crippen LogP contribution in [-0.4, -0.2) is 21.2 Å². The number of rotatable bonds is 6. The quantitative estimate of drug-likeness (QED) is 0.680. The average molecular weight is 351 g/mol. The maximum atomic E-state index is 11.1. The molecule has 2 aromatic carbocycles. The van der Waals surface area contributed by atoms with E-state index >= 15 is 0 Å². The van der Waals surface area contributed by atoms with Crippen molar-refractivity contribution < 1.29 is 4.79 Å². The molecule has 1 amide bonds. The third kappa shape index (κ3) is 3.77. The predicted molar refractivity (Wildman–Crippen MR) is 103 cm³/mol. The summed E-state index contributed by atoms with van der Waals surface area (Å²) in [5.41, 5.74) is 10.9. The molecule has 1 heterocycles. The summed E-state index contributed by atoms with van der Waals surface area (Å²) in [6, 6.07) is 16.5. The maximum Gasteiger partial charge on any atom is 0.218 e. The highest BCUT2D eigenvalue weighted by Crippen LogP contribution is 2.32.